The molecule has 248 valence electrons. The van der Waals surface area contributed by atoms with E-state index in [2.05, 4.69) is 25.7 Å². The summed E-state index contributed by atoms with van der Waals surface area (Å²) in [5, 5.41) is 21.6. The van der Waals surface area contributed by atoms with Gasteiger partial charge in [0.15, 0.2) is 0 Å². The van der Waals surface area contributed by atoms with Crippen LogP contribution in [0.1, 0.15) is 213 Å². The van der Waals surface area contributed by atoms with Crippen molar-refractivity contribution >= 4 is 0 Å². The second-order valence-corrected chi connectivity index (χ2v) is 13.5. The minimum absolute atomic E-state index is 0.248. The molecule has 0 radical (unpaired) electrons. The fourth-order valence-corrected chi connectivity index (χ4v) is 6.24. The van der Waals surface area contributed by atoms with Crippen LogP contribution >= 0.6 is 0 Å². The van der Waals surface area contributed by atoms with Crippen molar-refractivity contribution < 1.29 is 10.2 Å². The fourth-order valence-electron chi connectivity index (χ4n) is 6.24. The Morgan fingerprint density at radius 3 is 0.878 bits per heavy atom. The van der Waals surface area contributed by atoms with Crippen LogP contribution in [-0.2, 0) is 0 Å². The Bertz CT molecular complexity index is 439. The molecule has 2 unspecified atom stereocenters. The van der Waals surface area contributed by atoms with Crippen LogP contribution in [0.5, 0.6) is 0 Å². The van der Waals surface area contributed by atoms with E-state index in [1.165, 1.54) is 167 Å². The van der Waals surface area contributed by atoms with Crippen molar-refractivity contribution in [3.05, 3.63) is 0 Å². The van der Waals surface area contributed by atoms with Gasteiger partial charge in [-0.25, -0.2) is 0 Å². The lowest BCUT2D eigenvalue weighted by Crippen LogP contribution is -2.38. The molecule has 2 atom stereocenters. The summed E-state index contributed by atoms with van der Waals surface area (Å²) >= 11 is 0. The number of aliphatic hydroxyl groups is 2. The standard InChI is InChI=1S/C38H79NO2/c1-4-7-10-13-16-19-21-23-26-29-32-37(40)35-39(34-31-28-25-18-15-12-9-6-3)36-38(41)33-30-27-24-22-20-17-14-11-8-5-2/h37-38,40-41H,4-36H2,1-3H3. The van der Waals surface area contributed by atoms with Gasteiger partial charge >= 0.3 is 0 Å². The monoisotopic (exact) mass is 582 g/mol. The Labute approximate surface area is 260 Å². The van der Waals surface area contributed by atoms with E-state index in [9.17, 15) is 10.2 Å². The van der Waals surface area contributed by atoms with Crippen LogP contribution in [0.2, 0.25) is 0 Å². The van der Waals surface area contributed by atoms with Crippen LogP contribution in [0.25, 0.3) is 0 Å². The summed E-state index contributed by atoms with van der Waals surface area (Å²) in [5.74, 6) is 0. The van der Waals surface area contributed by atoms with Crippen molar-refractivity contribution in [2.75, 3.05) is 19.6 Å². The van der Waals surface area contributed by atoms with E-state index in [-0.39, 0.29) is 12.2 Å². The highest BCUT2D eigenvalue weighted by molar-refractivity contribution is 4.70. The number of nitrogens with zero attached hydrogens (tertiary/aromatic N) is 1. The summed E-state index contributed by atoms with van der Waals surface area (Å²) in [6, 6.07) is 0. The Kier molecular flexibility index (Phi) is 34.3. The lowest BCUT2D eigenvalue weighted by Gasteiger charge is -2.27. The highest BCUT2D eigenvalue weighted by Gasteiger charge is 2.15. The molecule has 0 saturated heterocycles. The van der Waals surface area contributed by atoms with Gasteiger partial charge in [-0.05, 0) is 25.8 Å². The van der Waals surface area contributed by atoms with E-state index in [1.807, 2.05) is 0 Å². The van der Waals surface area contributed by atoms with Gasteiger partial charge in [-0.2, -0.15) is 0 Å². The maximum Gasteiger partial charge on any atom is 0.0667 e. The topological polar surface area (TPSA) is 43.7 Å². The molecule has 0 aromatic heterocycles. The molecule has 0 heterocycles. The summed E-state index contributed by atoms with van der Waals surface area (Å²) in [5.41, 5.74) is 0. The zero-order chi connectivity index (χ0) is 30.1. The van der Waals surface area contributed by atoms with Gasteiger partial charge in [0.2, 0.25) is 0 Å². The largest absolute Gasteiger partial charge is 0.392 e. The molecule has 0 bridgehead atoms. The Morgan fingerprint density at radius 1 is 0.341 bits per heavy atom. The van der Waals surface area contributed by atoms with Crippen LogP contribution in [0.15, 0.2) is 0 Å². The lowest BCUT2D eigenvalue weighted by molar-refractivity contribution is 0.0596. The van der Waals surface area contributed by atoms with Gasteiger partial charge < -0.3 is 10.2 Å². The van der Waals surface area contributed by atoms with E-state index in [0.717, 1.165) is 45.3 Å². The average molecular weight is 582 g/mol. The van der Waals surface area contributed by atoms with Gasteiger partial charge in [-0.3, -0.25) is 4.90 Å². The van der Waals surface area contributed by atoms with Gasteiger partial charge in [0.05, 0.1) is 12.2 Å². The maximum atomic E-state index is 10.8. The normalized spacial score (nSPS) is 13.3. The third kappa shape index (κ3) is 32.6. The Balaban J connectivity index is 4.15. The molecule has 0 rings (SSSR count). The Morgan fingerprint density at radius 2 is 0.585 bits per heavy atom. The SMILES string of the molecule is CCCCCCCCCCCCC(O)CN(CCCCCCCCCC)CC(O)CCCCCCCCCCCC. The van der Waals surface area contributed by atoms with E-state index in [4.69, 9.17) is 0 Å². The first-order chi connectivity index (χ1) is 20.1. The van der Waals surface area contributed by atoms with Crippen LogP contribution in [0.3, 0.4) is 0 Å². The number of hydrogen-bond acceptors (Lipinski definition) is 3. The molecule has 0 aliphatic carbocycles. The van der Waals surface area contributed by atoms with Crippen molar-refractivity contribution in [3.63, 3.8) is 0 Å². The van der Waals surface area contributed by atoms with E-state index in [1.54, 1.807) is 0 Å². The first-order valence-corrected chi connectivity index (χ1v) is 19.2. The van der Waals surface area contributed by atoms with E-state index in [0.29, 0.717) is 0 Å². The highest BCUT2D eigenvalue weighted by atomic mass is 16.3. The molecular weight excluding hydrogens is 502 g/mol. The van der Waals surface area contributed by atoms with Crippen LogP contribution in [0.4, 0.5) is 0 Å². The molecule has 3 heteroatoms. The second kappa shape index (κ2) is 34.4. The molecule has 0 aliphatic heterocycles. The Hall–Kier alpha value is -0.120. The molecule has 0 aliphatic rings. The number of unbranched alkanes of at least 4 members (excludes halogenated alkanes) is 25. The third-order valence-corrected chi connectivity index (χ3v) is 9.05. The van der Waals surface area contributed by atoms with Crippen LogP contribution in [-0.4, -0.2) is 47.0 Å². The minimum atomic E-state index is -0.248. The predicted molar refractivity (Wildman–Crippen MR) is 184 cm³/mol. The van der Waals surface area contributed by atoms with Crippen molar-refractivity contribution in [1.82, 2.24) is 4.90 Å². The first-order valence-electron chi connectivity index (χ1n) is 19.2. The summed E-state index contributed by atoms with van der Waals surface area (Å²) in [7, 11) is 0. The quantitative estimate of drug-likeness (QED) is 0.0731. The van der Waals surface area contributed by atoms with Gasteiger partial charge in [0, 0.05) is 13.1 Å². The third-order valence-electron chi connectivity index (χ3n) is 9.05. The summed E-state index contributed by atoms with van der Waals surface area (Å²) in [6.45, 7) is 9.35. The highest BCUT2D eigenvalue weighted by Crippen LogP contribution is 2.15. The van der Waals surface area contributed by atoms with Crippen LogP contribution < -0.4 is 0 Å². The van der Waals surface area contributed by atoms with Gasteiger partial charge in [-0.1, -0.05) is 194 Å². The molecule has 3 nitrogen and oxygen atoms in total. The molecule has 2 N–H and O–H groups in total. The smallest absolute Gasteiger partial charge is 0.0667 e. The number of rotatable bonds is 35. The number of aliphatic hydroxyl groups excluding tert-OH is 2. The van der Waals surface area contributed by atoms with Gasteiger partial charge in [-0.15, -0.1) is 0 Å². The van der Waals surface area contributed by atoms with Gasteiger partial charge in [0.25, 0.3) is 0 Å². The van der Waals surface area contributed by atoms with Crippen molar-refractivity contribution in [2.45, 2.75) is 226 Å². The average Bonchev–Trinajstić information content (AvgIpc) is 2.96. The fraction of sp³-hybridized carbons (Fsp3) is 1.00. The van der Waals surface area contributed by atoms with Gasteiger partial charge in [0.1, 0.15) is 0 Å². The van der Waals surface area contributed by atoms with Crippen molar-refractivity contribution in [1.29, 1.82) is 0 Å². The molecule has 0 fully saturated rings. The zero-order valence-corrected chi connectivity index (χ0v) is 28.8. The molecule has 0 saturated carbocycles. The molecule has 41 heavy (non-hydrogen) atoms. The zero-order valence-electron chi connectivity index (χ0n) is 28.8. The minimum Gasteiger partial charge on any atom is -0.392 e. The molecule has 0 spiro atoms. The predicted octanol–water partition coefficient (Wildman–Crippen LogP) is 11.8. The summed E-state index contributed by atoms with van der Waals surface area (Å²) < 4.78 is 0. The molecular formula is C38H79NO2. The summed E-state index contributed by atoms with van der Waals surface area (Å²) in [4.78, 5) is 2.39. The summed E-state index contributed by atoms with van der Waals surface area (Å²) in [6.07, 6.45) is 38.8. The molecule has 0 amide bonds. The lowest BCUT2D eigenvalue weighted by atomic mass is 10.0. The van der Waals surface area contributed by atoms with Crippen molar-refractivity contribution in [3.8, 4) is 0 Å². The van der Waals surface area contributed by atoms with E-state index < -0.39 is 0 Å². The first kappa shape index (κ1) is 40.9. The molecule has 0 aromatic rings. The van der Waals surface area contributed by atoms with E-state index >= 15 is 0 Å². The van der Waals surface area contributed by atoms with Crippen LogP contribution in [0, 0.1) is 0 Å². The number of hydrogen-bond donors (Lipinski definition) is 2. The van der Waals surface area contributed by atoms with Crippen molar-refractivity contribution in [2.24, 2.45) is 0 Å². The second-order valence-electron chi connectivity index (χ2n) is 13.5. The maximum absolute atomic E-state index is 10.8. The molecule has 0 aromatic carbocycles.